The van der Waals surface area contributed by atoms with Crippen LogP contribution in [0.25, 0.3) is 11.2 Å². The number of nitrogen functional groups attached to an aromatic ring is 1. The third kappa shape index (κ3) is 5.31. The first kappa shape index (κ1) is 26.3. The molecule has 0 bridgehead atoms. The Labute approximate surface area is 227 Å². The Hall–Kier alpha value is -4.35. The van der Waals surface area contributed by atoms with Crippen LogP contribution >= 0.6 is 11.3 Å². The molecule has 4 aromatic rings. The number of ether oxygens (including phenoxy) is 1. The molecule has 13 heteroatoms. The number of rotatable bonds is 6. The molecule has 39 heavy (non-hydrogen) atoms. The molecule has 1 aromatic carbocycles. The van der Waals surface area contributed by atoms with Crippen molar-refractivity contribution in [3.05, 3.63) is 70.4 Å². The lowest BCUT2D eigenvalue weighted by Crippen LogP contribution is -2.41. The molecule has 0 spiro atoms. The van der Waals surface area contributed by atoms with Crippen molar-refractivity contribution in [2.75, 3.05) is 19.3 Å². The molecule has 0 aliphatic carbocycles. The number of thiophene rings is 1. The highest BCUT2D eigenvalue weighted by molar-refractivity contribution is 7.09. The Morgan fingerprint density at radius 3 is 2.69 bits per heavy atom. The van der Waals surface area contributed by atoms with Crippen LogP contribution in [0.2, 0.25) is 0 Å². The SMILES string of the molecule is CNC(=O)[C@H]1O[C@@H](n2cnc3c(N)nc(C#CCN(Cc4cccs4)C(=O)c4ccccc4)nc32)[C@H](O)[C@@H]1O. The van der Waals surface area contributed by atoms with E-state index in [4.69, 9.17) is 10.5 Å². The Morgan fingerprint density at radius 1 is 1.18 bits per heavy atom. The number of benzene rings is 1. The van der Waals surface area contributed by atoms with Crippen LogP contribution < -0.4 is 11.1 Å². The van der Waals surface area contributed by atoms with Gasteiger partial charge in [-0.05, 0) is 29.5 Å². The molecule has 1 saturated heterocycles. The number of fused-ring (bicyclic) bond motifs is 1. The van der Waals surface area contributed by atoms with E-state index in [0.29, 0.717) is 12.1 Å². The number of nitrogens with two attached hydrogens (primary N) is 1. The zero-order chi connectivity index (χ0) is 27.5. The number of nitrogens with zero attached hydrogens (tertiary/aromatic N) is 5. The molecule has 4 atom stereocenters. The van der Waals surface area contributed by atoms with Gasteiger partial charge in [0.2, 0.25) is 5.82 Å². The quantitative estimate of drug-likeness (QED) is 0.252. The number of hydrogen-bond acceptors (Lipinski definition) is 10. The maximum Gasteiger partial charge on any atom is 0.254 e. The third-order valence-corrected chi connectivity index (χ3v) is 7.03. The Kier molecular flexibility index (Phi) is 7.53. The lowest BCUT2D eigenvalue weighted by atomic mass is 10.1. The molecule has 1 aliphatic rings. The monoisotopic (exact) mass is 547 g/mol. The van der Waals surface area contributed by atoms with Gasteiger partial charge in [0.1, 0.15) is 17.7 Å². The molecular weight excluding hydrogens is 522 g/mol. The van der Waals surface area contributed by atoms with E-state index in [1.54, 1.807) is 40.5 Å². The maximum atomic E-state index is 13.2. The van der Waals surface area contributed by atoms with Crippen LogP contribution in [0.3, 0.4) is 0 Å². The van der Waals surface area contributed by atoms with E-state index in [1.165, 1.54) is 17.9 Å². The number of carbonyl (C=O) groups is 2. The van der Waals surface area contributed by atoms with Gasteiger partial charge >= 0.3 is 0 Å². The minimum atomic E-state index is -1.46. The molecular formula is C26H25N7O5S. The van der Waals surface area contributed by atoms with Crippen LogP contribution in [0.1, 0.15) is 27.3 Å². The fourth-order valence-electron chi connectivity index (χ4n) is 4.20. The molecule has 5 N–H and O–H groups in total. The minimum Gasteiger partial charge on any atom is -0.387 e. The number of nitrogens with one attached hydrogen (secondary N) is 1. The second-order valence-corrected chi connectivity index (χ2v) is 9.74. The summed E-state index contributed by atoms with van der Waals surface area (Å²) in [5.74, 6) is 5.20. The lowest BCUT2D eigenvalue weighted by molar-refractivity contribution is -0.137. The summed E-state index contributed by atoms with van der Waals surface area (Å²) in [6.07, 6.45) is -3.97. The first-order valence-corrected chi connectivity index (χ1v) is 12.8. The molecule has 0 unspecified atom stereocenters. The van der Waals surface area contributed by atoms with Gasteiger partial charge in [0.15, 0.2) is 23.8 Å². The normalized spacial score (nSPS) is 20.4. The summed E-state index contributed by atoms with van der Waals surface area (Å²) in [6, 6.07) is 12.8. The van der Waals surface area contributed by atoms with E-state index in [2.05, 4.69) is 32.1 Å². The zero-order valence-corrected chi connectivity index (χ0v) is 21.6. The zero-order valence-electron chi connectivity index (χ0n) is 20.8. The van der Waals surface area contributed by atoms with Gasteiger partial charge in [-0.2, -0.15) is 0 Å². The Bertz CT molecular complexity index is 1550. The number of hydrogen-bond donors (Lipinski definition) is 4. The summed E-state index contributed by atoms with van der Waals surface area (Å²) in [6.45, 7) is 0.497. The van der Waals surface area contributed by atoms with Gasteiger partial charge in [0.25, 0.3) is 11.8 Å². The van der Waals surface area contributed by atoms with Crippen molar-refractivity contribution in [1.82, 2.24) is 29.7 Å². The van der Waals surface area contributed by atoms with Crippen LogP contribution in [-0.2, 0) is 16.1 Å². The topological polar surface area (TPSA) is 169 Å². The molecule has 0 saturated carbocycles. The van der Waals surface area contributed by atoms with E-state index < -0.39 is 30.4 Å². The number of aliphatic hydroxyl groups excluding tert-OH is 2. The second-order valence-electron chi connectivity index (χ2n) is 8.71. The molecule has 3 aromatic heterocycles. The predicted molar refractivity (Wildman–Crippen MR) is 142 cm³/mol. The Morgan fingerprint density at radius 2 is 1.97 bits per heavy atom. The van der Waals surface area contributed by atoms with Crippen LogP contribution in [-0.4, -0.2) is 78.4 Å². The predicted octanol–water partition coefficient (Wildman–Crippen LogP) is 0.529. The van der Waals surface area contributed by atoms with Crippen LogP contribution in [0.15, 0.2) is 54.2 Å². The van der Waals surface area contributed by atoms with Crippen molar-refractivity contribution in [2.45, 2.75) is 31.1 Å². The number of anilines is 1. The van der Waals surface area contributed by atoms with Crippen molar-refractivity contribution in [3.63, 3.8) is 0 Å². The smallest absolute Gasteiger partial charge is 0.254 e. The van der Waals surface area contributed by atoms with E-state index in [1.807, 2.05) is 23.6 Å². The third-order valence-electron chi connectivity index (χ3n) is 6.17. The number of carbonyl (C=O) groups excluding carboxylic acids is 2. The number of aromatic nitrogens is 4. The lowest BCUT2D eigenvalue weighted by Gasteiger charge is -2.19. The fourth-order valence-corrected chi connectivity index (χ4v) is 4.92. The van der Waals surface area contributed by atoms with E-state index in [9.17, 15) is 19.8 Å². The average Bonchev–Trinajstić information content (AvgIpc) is 3.68. The standard InChI is InChI=1S/C26H25N7O5S/c1-28-24(36)21-19(34)20(35)26(38-21)33-14-29-18-22(27)30-17(31-23(18)33)10-5-11-32(13-16-9-6-12-39-16)25(37)15-7-3-2-4-8-15/h2-4,6-9,12,14,19-21,26,34-35H,11,13H2,1H3,(H,28,36)(H2,27,30,31)/t19-,20+,21-,26+/m0/s1. The minimum absolute atomic E-state index is 0.0507. The van der Waals surface area contributed by atoms with E-state index in [-0.39, 0.29) is 35.3 Å². The number of likely N-dealkylation sites (N-methyl/N-ethyl adjacent to an activating group) is 1. The highest BCUT2D eigenvalue weighted by atomic mass is 32.1. The van der Waals surface area contributed by atoms with Crippen molar-refractivity contribution >= 4 is 40.1 Å². The van der Waals surface area contributed by atoms with Crippen molar-refractivity contribution in [3.8, 4) is 11.8 Å². The Balaban J connectivity index is 1.41. The molecule has 1 aliphatic heterocycles. The molecule has 200 valence electrons. The molecule has 0 radical (unpaired) electrons. The van der Waals surface area contributed by atoms with Gasteiger partial charge < -0.3 is 30.9 Å². The van der Waals surface area contributed by atoms with Crippen molar-refractivity contribution in [1.29, 1.82) is 0 Å². The number of amides is 2. The average molecular weight is 548 g/mol. The highest BCUT2D eigenvalue weighted by Gasteiger charge is 2.47. The summed E-state index contributed by atoms with van der Waals surface area (Å²) in [4.78, 5) is 40.7. The van der Waals surface area contributed by atoms with Gasteiger partial charge in [-0.3, -0.25) is 14.2 Å². The first-order valence-electron chi connectivity index (χ1n) is 12.0. The van der Waals surface area contributed by atoms with Crippen molar-refractivity contribution < 1.29 is 24.5 Å². The summed E-state index contributed by atoms with van der Waals surface area (Å²) < 4.78 is 7.00. The summed E-state index contributed by atoms with van der Waals surface area (Å²) >= 11 is 1.55. The van der Waals surface area contributed by atoms with Gasteiger partial charge in [0, 0.05) is 17.5 Å². The maximum absolute atomic E-state index is 13.2. The van der Waals surface area contributed by atoms with E-state index >= 15 is 0 Å². The summed E-state index contributed by atoms with van der Waals surface area (Å²) in [7, 11) is 1.40. The van der Waals surface area contributed by atoms with E-state index in [0.717, 1.165) is 4.88 Å². The van der Waals surface area contributed by atoms with Crippen molar-refractivity contribution in [2.24, 2.45) is 0 Å². The summed E-state index contributed by atoms with van der Waals surface area (Å²) in [5, 5.41) is 25.2. The highest BCUT2D eigenvalue weighted by Crippen LogP contribution is 2.32. The van der Waals surface area contributed by atoms with Gasteiger partial charge in [0.05, 0.1) is 19.4 Å². The molecule has 4 heterocycles. The fraction of sp³-hybridized carbons (Fsp3) is 0.269. The van der Waals surface area contributed by atoms with Gasteiger partial charge in [-0.1, -0.05) is 30.2 Å². The second kappa shape index (κ2) is 11.2. The van der Waals surface area contributed by atoms with Crippen LogP contribution in [0.5, 0.6) is 0 Å². The molecule has 5 rings (SSSR count). The summed E-state index contributed by atoms with van der Waals surface area (Å²) in [5.41, 5.74) is 7.10. The number of aliphatic hydroxyl groups is 2. The first-order chi connectivity index (χ1) is 18.9. The van der Waals surface area contributed by atoms with Crippen LogP contribution in [0.4, 0.5) is 5.82 Å². The molecule has 1 fully saturated rings. The molecule has 12 nitrogen and oxygen atoms in total. The van der Waals surface area contributed by atoms with Crippen LogP contribution in [0, 0.1) is 11.8 Å². The van der Waals surface area contributed by atoms with Gasteiger partial charge in [-0.15, -0.1) is 11.3 Å². The molecule has 2 amide bonds. The number of imidazole rings is 1. The largest absolute Gasteiger partial charge is 0.387 e. The van der Waals surface area contributed by atoms with Gasteiger partial charge in [-0.25, -0.2) is 15.0 Å².